The lowest BCUT2D eigenvalue weighted by Crippen LogP contribution is -2.19. The Morgan fingerprint density at radius 1 is 1.36 bits per heavy atom. The Bertz CT molecular complexity index is 269. The first-order valence-electron chi connectivity index (χ1n) is 4.09. The molecule has 0 fully saturated rings. The van der Waals surface area contributed by atoms with Crippen LogP contribution in [0.2, 0.25) is 0 Å². The molecule has 0 bridgehead atoms. The highest BCUT2D eigenvalue weighted by atomic mass is 16.7. The lowest BCUT2D eigenvalue weighted by atomic mass is 10.0. The van der Waals surface area contributed by atoms with E-state index in [-0.39, 0.29) is 5.76 Å². The maximum Gasteiger partial charge on any atom is 0.511 e. The van der Waals surface area contributed by atoms with E-state index in [9.17, 15) is 9.59 Å². The van der Waals surface area contributed by atoms with Crippen LogP contribution in [0.3, 0.4) is 0 Å². The molecule has 1 unspecified atom stereocenters. The molecule has 1 atom stereocenters. The average Bonchev–Trinajstić information content (AvgIpc) is 2.01. The molecule has 1 aliphatic rings. The van der Waals surface area contributed by atoms with E-state index in [0.717, 1.165) is 0 Å². The van der Waals surface area contributed by atoms with Crippen molar-refractivity contribution in [2.45, 2.75) is 25.4 Å². The van der Waals surface area contributed by atoms with Gasteiger partial charge >= 0.3 is 12.3 Å². The first-order chi connectivity index (χ1) is 6.58. The molecule has 78 valence electrons. The zero-order valence-corrected chi connectivity index (χ0v) is 7.30. The van der Waals surface area contributed by atoms with Crippen molar-refractivity contribution >= 4 is 12.3 Å². The number of carboxylic acid groups (broad SMARTS) is 2. The Morgan fingerprint density at radius 3 is 2.64 bits per heavy atom. The van der Waals surface area contributed by atoms with Crippen LogP contribution in [0, 0.1) is 0 Å². The van der Waals surface area contributed by atoms with Crippen molar-refractivity contribution in [1.82, 2.24) is 0 Å². The molecule has 1 aliphatic carbocycles. The van der Waals surface area contributed by atoms with Crippen LogP contribution in [0.1, 0.15) is 19.3 Å². The largest absolute Gasteiger partial charge is 0.511 e. The van der Waals surface area contributed by atoms with Gasteiger partial charge in [-0.3, -0.25) is 0 Å². The Hall–Kier alpha value is -1.72. The van der Waals surface area contributed by atoms with Gasteiger partial charge < -0.3 is 19.7 Å². The van der Waals surface area contributed by atoms with E-state index in [1.54, 1.807) is 0 Å². The van der Waals surface area contributed by atoms with E-state index in [0.29, 0.717) is 19.3 Å². The second kappa shape index (κ2) is 4.50. The van der Waals surface area contributed by atoms with Crippen molar-refractivity contribution in [3.05, 3.63) is 11.8 Å². The normalized spacial score (nSPS) is 20.9. The number of hydrogen-bond donors (Lipinski definition) is 2. The Labute approximate surface area is 79.7 Å². The van der Waals surface area contributed by atoms with Crippen LogP contribution in [0.5, 0.6) is 0 Å². The van der Waals surface area contributed by atoms with Gasteiger partial charge in [0.05, 0.1) is 0 Å². The lowest BCUT2D eigenvalue weighted by molar-refractivity contribution is 0.0590. The molecule has 0 saturated carbocycles. The second-order valence-corrected chi connectivity index (χ2v) is 2.82. The summed E-state index contributed by atoms with van der Waals surface area (Å²) in [5.41, 5.74) is 0. The van der Waals surface area contributed by atoms with Crippen molar-refractivity contribution in [2.75, 3.05) is 0 Å². The quantitative estimate of drug-likeness (QED) is 0.663. The minimum absolute atomic E-state index is 0.245. The average molecular weight is 202 g/mol. The van der Waals surface area contributed by atoms with Gasteiger partial charge in [0, 0.05) is 6.42 Å². The minimum atomic E-state index is -1.40. The fraction of sp³-hybridized carbons (Fsp3) is 0.500. The van der Waals surface area contributed by atoms with Crippen LogP contribution in [-0.2, 0) is 9.47 Å². The van der Waals surface area contributed by atoms with Gasteiger partial charge in [0.2, 0.25) is 0 Å². The number of rotatable bonds is 2. The maximum absolute atomic E-state index is 10.2. The van der Waals surface area contributed by atoms with Crippen molar-refractivity contribution in [3.8, 4) is 0 Å². The molecule has 0 amide bonds. The minimum Gasteiger partial charge on any atom is -0.450 e. The summed E-state index contributed by atoms with van der Waals surface area (Å²) < 4.78 is 8.88. The Morgan fingerprint density at radius 2 is 2.07 bits per heavy atom. The number of hydrogen-bond acceptors (Lipinski definition) is 4. The van der Waals surface area contributed by atoms with E-state index in [2.05, 4.69) is 9.47 Å². The van der Waals surface area contributed by atoms with Gasteiger partial charge in [0.1, 0.15) is 11.9 Å². The van der Waals surface area contributed by atoms with E-state index >= 15 is 0 Å². The molecule has 0 spiro atoms. The van der Waals surface area contributed by atoms with Gasteiger partial charge in [-0.1, -0.05) is 0 Å². The number of ether oxygens (including phenoxy) is 2. The van der Waals surface area contributed by atoms with Crippen LogP contribution in [0.4, 0.5) is 9.59 Å². The number of allylic oxidation sites excluding steroid dienone is 1. The molecule has 6 heteroatoms. The molecule has 14 heavy (non-hydrogen) atoms. The summed E-state index contributed by atoms with van der Waals surface area (Å²) in [6.45, 7) is 0. The van der Waals surface area contributed by atoms with Gasteiger partial charge in [-0.25, -0.2) is 9.59 Å². The summed E-state index contributed by atoms with van der Waals surface area (Å²) in [4.78, 5) is 20.4. The molecule has 0 aliphatic heterocycles. The van der Waals surface area contributed by atoms with E-state index < -0.39 is 18.4 Å². The van der Waals surface area contributed by atoms with Crippen molar-refractivity contribution < 1.29 is 29.3 Å². The number of carbonyl (C=O) groups is 2. The monoisotopic (exact) mass is 202 g/mol. The topological polar surface area (TPSA) is 93.1 Å². The second-order valence-electron chi connectivity index (χ2n) is 2.82. The zero-order chi connectivity index (χ0) is 10.6. The van der Waals surface area contributed by atoms with Crippen molar-refractivity contribution in [2.24, 2.45) is 0 Å². The molecule has 6 nitrogen and oxygen atoms in total. The standard InChI is InChI=1S/C8H10O6/c9-7(10)13-5-2-1-3-6(4-5)14-8(11)12/h4-5H,1-3H2,(H,9,10)(H,11,12). The van der Waals surface area contributed by atoms with E-state index in [1.165, 1.54) is 6.08 Å². The van der Waals surface area contributed by atoms with Crippen molar-refractivity contribution in [1.29, 1.82) is 0 Å². The van der Waals surface area contributed by atoms with Crippen molar-refractivity contribution in [3.63, 3.8) is 0 Å². The SMILES string of the molecule is O=C(O)OC1=CC(OC(=O)O)CCC1. The van der Waals surface area contributed by atoms with Crippen LogP contribution >= 0.6 is 0 Å². The summed E-state index contributed by atoms with van der Waals surface area (Å²) in [6.07, 6.45) is -0.293. The van der Waals surface area contributed by atoms with E-state index in [1.807, 2.05) is 0 Å². The molecular weight excluding hydrogens is 192 g/mol. The third-order valence-corrected chi connectivity index (χ3v) is 1.75. The predicted molar refractivity (Wildman–Crippen MR) is 43.9 cm³/mol. The third-order valence-electron chi connectivity index (χ3n) is 1.75. The summed E-state index contributed by atoms with van der Waals surface area (Å²) in [5.74, 6) is 0.245. The molecular formula is C8H10O6. The van der Waals surface area contributed by atoms with Crippen LogP contribution in [0.25, 0.3) is 0 Å². The predicted octanol–water partition coefficient (Wildman–Crippen LogP) is 1.81. The Kier molecular flexibility index (Phi) is 3.33. The Balaban J connectivity index is 2.54. The van der Waals surface area contributed by atoms with Crippen LogP contribution in [-0.4, -0.2) is 28.6 Å². The van der Waals surface area contributed by atoms with Gasteiger partial charge in [-0.2, -0.15) is 0 Å². The first kappa shape index (κ1) is 10.4. The molecule has 0 radical (unpaired) electrons. The zero-order valence-electron chi connectivity index (χ0n) is 7.30. The summed E-state index contributed by atoms with van der Waals surface area (Å²) in [5, 5.41) is 16.6. The summed E-state index contributed by atoms with van der Waals surface area (Å²) in [6, 6.07) is 0. The third kappa shape index (κ3) is 3.34. The van der Waals surface area contributed by atoms with Gasteiger partial charge in [0.15, 0.2) is 0 Å². The maximum atomic E-state index is 10.2. The smallest absolute Gasteiger partial charge is 0.450 e. The summed E-state index contributed by atoms with van der Waals surface area (Å²) in [7, 11) is 0. The highest BCUT2D eigenvalue weighted by Crippen LogP contribution is 2.21. The fourth-order valence-electron chi connectivity index (χ4n) is 1.27. The highest BCUT2D eigenvalue weighted by molar-refractivity contribution is 5.59. The molecule has 1 rings (SSSR count). The van der Waals surface area contributed by atoms with Crippen LogP contribution < -0.4 is 0 Å². The van der Waals surface area contributed by atoms with Gasteiger partial charge in [-0.05, 0) is 18.9 Å². The van der Waals surface area contributed by atoms with E-state index in [4.69, 9.17) is 10.2 Å². The summed E-state index contributed by atoms with van der Waals surface area (Å²) >= 11 is 0. The van der Waals surface area contributed by atoms with Crippen LogP contribution in [0.15, 0.2) is 11.8 Å². The molecule has 2 N–H and O–H groups in total. The molecule has 0 aromatic carbocycles. The first-order valence-corrected chi connectivity index (χ1v) is 4.09. The molecule has 0 heterocycles. The highest BCUT2D eigenvalue weighted by Gasteiger charge is 2.19. The van der Waals surface area contributed by atoms with Gasteiger partial charge in [-0.15, -0.1) is 0 Å². The molecule has 0 saturated heterocycles. The van der Waals surface area contributed by atoms with Gasteiger partial charge in [0.25, 0.3) is 0 Å². The molecule has 0 aromatic heterocycles. The fourth-order valence-corrected chi connectivity index (χ4v) is 1.27. The molecule has 0 aromatic rings. The lowest BCUT2D eigenvalue weighted by Gasteiger charge is -2.18.